The lowest BCUT2D eigenvalue weighted by Crippen LogP contribution is -2.26. The van der Waals surface area contributed by atoms with Gasteiger partial charge in [-0.25, -0.2) is 4.98 Å². The van der Waals surface area contributed by atoms with Crippen LogP contribution < -0.4 is 5.32 Å². The fourth-order valence-electron chi connectivity index (χ4n) is 1.23. The van der Waals surface area contributed by atoms with Crippen molar-refractivity contribution < 1.29 is 14.3 Å². The molecular weight excluding hydrogens is 240 g/mol. The van der Waals surface area contributed by atoms with Gasteiger partial charge in [0.2, 0.25) is 5.91 Å². The summed E-state index contributed by atoms with van der Waals surface area (Å²) in [6.07, 6.45) is 1.02. The number of hydrogen-bond donors (Lipinski definition) is 1. The van der Waals surface area contributed by atoms with Gasteiger partial charge in [-0.15, -0.1) is 11.3 Å². The SMILES string of the molecule is COC(=O)CCC(=O)NCCc1nc(C)cs1. The van der Waals surface area contributed by atoms with Crippen molar-refractivity contribution in [2.24, 2.45) is 0 Å². The number of carbonyl (C=O) groups is 2. The van der Waals surface area contributed by atoms with Gasteiger partial charge in [0.15, 0.2) is 0 Å². The summed E-state index contributed by atoms with van der Waals surface area (Å²) in [5.74, 6) is -0.501. The van der Waals surface area contributed by atoms with Gasteiger partial charge in [-0.3, -0.25) is 9.59 Å². The number of hydrogen-bond acceptors (Lipinski definition) is 5. The molecule has 94 valence electrons. The smallest absolute Gasteiger partial charge is 0.306 e. The topological polar surface area (TPSA) is 68.3 Å². The van der Waals surface area contributed by atoms with Crippen molar-refractivity contribution in [3.63, 3.8) is 0 Å². The lowest BCUT2D eigenvalue weighted by atomic mass is 10.3. The fraction of sp³-hybridized carbons (Fsp3) is 0.545. The first kappa shape index (κ1) is 13.6. The van der Waals surface area contributed by atoms with E-state index in [9.17, 15) is 9.59 Å². The average Bonchev–Trinajstić information content (AvgIpc) is 2.72. The Bertz CT molecular complexity index is 390. The Hall–Kier alpha value is -1.43. The van der Waals surface area contributed by atoms with Crippen LogP contribution in [0.25, 0.3) is 0 Å². The van der Waals surface area contributed by atoms with Crippen molar-refractivity contribution in [1.29, 1.82) is 0 Å². The highest BCUT2D eigenvalue weighted by molar-refractivity contribution is 7.09. The number of ether oxygens (including phenoxy) is 1. The molecule has 0 bridgehead atoms. The normalized spacial score (nSPS) is 10.0. The summed E-state index contributed by atoms with van der Waals surface area (Å²) >= 11 is 1.59. The summed E-state index contributed by atoms with van der Waals surface area (Å²) in [6.45, 7) is 2.49. The first-order valence-electron chi connectivity index (χ1n) is 5.36. The number of esters is 1. The van der Waals surface area contributed by atoms with E-state index in [1.807, 2.05) is 12.3 Å². The highest BCUT2D eigenvalue weighted by Gasteiger charge is 2.06. The molecule has 0 unspecified atom stereocenters. The van der Waals surface area contributed by atoms with Crippen LogP contribution in [0.1, 0.15) is 23.5 Å². The van der Waals surface area contributed by atoms with Crippen molar-refractivity contribution in [1.82, 2.24) is 10.3 Å². The minimum Gasteiger partial charge on any atom is -0.469 e. The minimum atomic E-state index is -0.365. The first-order valence-corrected chi connectivity index (χ1v) is 6.24. The number of amides is 1. The maximum absolute atomic E-state index is 11.3. The Kier molecular flexibility index (Phi) is 5.62. The number of carbonyl (C=O) groups excluding carboxylic acids is 2. The molecular formula is C11H16N2O3S. The van der Waals surface area contributed by atoms with E-state index in [4.69, 9.17) is 0 Å². The molecule has 0 aliphatic carbocycles. The molecule has 17 heavy (non-hydrogen) atoms. The van der Waals surface area contributed by atoms with E-state index >= 15 is 0 Å². The van der Waals surface area contributed by atoms with Gasteiger partial charge in [-0.2, -0.15) is 0 Å². The highest BCUT2D eigenvalue weighted by atomic mass is 32.1. The Labute approximate surface area is 104 Å². The molecule has 0 radical (unpaired) electrons. The third-order valence-electron chi connectivity index (χ3n) is 2.11. The van der Waals surface area contributed by atoms with Crippen LogP contribution >= 0.6 is 11.3 Å². The number of nitrogens with zero attached hydrogens (tertiary/aromatic N) is 1. The van der Waals surface area contributed by atoms with Crippen LogP contribution in [0.4, 0.5) is 0 Å². The van der Waals surface area contributed by atoms with E-state index in [2.05, 4.69) is 15.0 Å². The maximum atomic E-state index is 11.3. The molecule has 0 saturated heterocycles. The Morgan fingerprint density at radius 2 is 2.24 bits per heavy atom. The van der Waals surface area contributed by atoms with Crippen LogP contribution in [0, 0.1) is 6.92 Å². The van der Waals surface area contributed by atoms with E-state index in [0.717, 1.165) is 17.1 Å². The van der Waals surface area contributed by atoms with Crippen LogP contribution in [0.5, 0.6) is 0 Å². The van der Waals surface area contributed by atoms with Gasteiger partial charge < -0.3 is 10.1 Å². The molecule has 5 nitrogen and oxygen atoms in total. The van der Waals surface area contributed by atoms with Gasteiger partial charge in [0.05, 0.1) is 18.5 Å². The third-order valence-corrected chi connectivity index (χ3v) is 3.14. The molecule has 0 spiro atoms. The van der Waals surface area contributed by atoms with E-state index in [0.29, 0.717) is 6.54 Å². The zero-order valence-corrected chi connectivity index (χ0v) is 10.8. The standard InChI is InChI=1S/C11H16N2O3S/c1-8-7-17-10(13-8)5-6-12-9(14)3-4-11(15)16-2/h7H,3-6H2,1-2H3,(H,12,14). The molecule has 1 amide bonds. The van der Waals surface area contributed by atoms with E-state index in [1.165, 1.54) is 7.11 Å². The summed E-state index contributed by atoms with van der Waals surface area (Å²) in [5.41, 5.74) is 1.00. The lowest BCUT2D eigenvalue weighted by molar-refractivity contribution is -0.142. The average molecular weight is 256 g/mol. The van der Waals surface area contributed by atoms with Gasteiger partial charge in [0, 0.05) is 30.5 Å². The minimum absolute atomic E-state index is 0.124. The van der Waals surface area contributed by atoms with Gasteiger partial charge in [0.1, 0.15) is 0 Å². The molecule has 6 heteroatoms. The number of methoxy groups -OCH3 is 1. The highest BCUT2D eigenvalue weighted by Crippen LogP contribution is 2.08. The molecule has 1 rings (SSSR count). The Morgan fingerprint density at radius 1 is 1.47 bits per heavy atom. The summed E-state index contributed by atoms with van der Waals surface area (Å²) in [4.78, 5) is 26.4. The van der Waals surface area contributed by atoms with Crippen molar-refractivity contribution in [2.75, 3.05) is 13.7 Å². The van der Waals surface area contributed by atoms with Crippen molar-refractivity contribution in [3.8, 4) is 0 Å². The van der Waals surface area contributed by atoms with E-state index in [1.54, 1.807) is 11.3 Å². The van der Waals surface area contributed by atoms with Crippen molar-refractivity contribution in [2.45, 2.75) is 26.2 Å². The summed E-state index contributed by atoms with van der Waals surface area (Å²) in [7, 11) is 1.31. The van der Waals surface area contributed by atoms with Crippen molar-refractivity contribution >= 4 is 23.2 Å². The first-order chi connectivity index (χ1) is 8.11. The molecule has 1 aromatic rings. The van der Waals surface area contributed by atoms with Crippen LogP contribution in [-0.2, 0) is 20.7 Å². The molecule has 0 fully saturated rings. The van der Waals surface area contributed by atoms with Crippen LogP contribution in [0.2, 0.25) is 0 Å². The monoisotopic (exact) mass is 256 g/mol. The Morgan fingerprint density at radius 3 is 2.82 bits per heavy atom. The number of rotatable bonds is 6. The molecule has 1 N–H and O–H groups in total. The van der Waals surface area contributed by atoms with Crippen LogP contribution in [-0.4, -0.2) is 30.5 Å². The second kappa shape index (κ2) is 7.01. The summed E-state index contributed by atoms with van der Waals surface area (Å²) in [5, 5.41) is 5.73. The number of nitrogens with one attached hydrogen (secondary N) is 1. The number of aryl methyl sites for hydroxylation is 1. The molecule has 0 saturated carbocycles. The summed E-state index contributed by atoms with van der Waals surface area (Å²) < 4.78 is 4.45. The van der Waals surface area contributed by atoms with Gasteiger partial charge >= 0.3 is 5.97 Å². The van der Waals surface area contributed by atoms with Crippen LogP contribution in [0.15, 0.2) is 5.38 Å². The molecule has 1 heterocycles. The molecule has 0 aromatic carbocycles. The van der Waals surface area contributed by atoms with Crippen LogP contribution in [0.3, 0.4) is 0 Å². The van der Waals surface area contributed by atoms with Gasteiger partial charge in [0.25, 0.3) is 0 Å². The molecule has 0 aliphatic rings. The molecule has 1 aromatic heterocycles. The molecule has 0 aliphatic heterocycles. The molecule has 0 atom stereocenters. The summed E-state index contributed by atoms with van der Waals surface area (Å²) in [6, 6.07) is 0. The zero-order valence-electron chi connectivity index (χ0n) is 9.99. The van der Waals surface area contributed by atoms with E-state index in [-0.39, 0.29) is 24.7 Å². The number of aromatic nitrogens is 1. The van der Waals surface area contributed by atoms with Gasteiger partial charge in [-0.05, 0) is 6.92 Å². The van der Waals surface area contributed by atoms with E-state index < -0.39 is 0 Å². The second-order valence-electron chi connectivity index (χ2n) is 3.56. The number of thiazole rings is 1. The lowest BCUT2D eigenvalue weighted by Gasteiger charge is -2.03. The fourth-order valence-corrected chi connectivity index (χ4v) is 2.01. The zero-order chi connectivity index (χ0) is 12.7. The predicted octanol–water partition coefficient (Wildman–Crippen LogP) is 1.06. The second-order valence-corrected chi connectivity index (χ2v) is 4.50. The maximum Gasteiger partial charge on any atom is 0.306 e. The van der Waals surface area contributed by atoms with Gasteiger partial charge in [-0.1, -0.05) is 0 Å². The van der Waals surface area contributed by atoms with Crippen molar-refractivity contribution in [3.05, 3.63) is 16.1 Å². The third kappa shape index (κ3) is 5.44. The largest absolute Gasteiger partial charge is 0.469 e. The quantitative estimate of drug-likeness (QED) is 0.773. The Balaban J connectivity index is 2.14. The predicted molar refractivity (Wildman–Crippen MR) is 64.8 cm³/mol.